The van der Waals surface area contributed by atoms with E-state index in [2.05, 4.69) is 23.2 Å². The van der Waals surface area contributed by atoms with Crippen molar-refractivity contribution in [2.24, 2.45) is 0 Å². The summed E-state index contributed by atoms with van der Waals surface area (Å²) in [5, 5.41) is 1.17. The minimum absolute atomic E-state index is 0.0322. The van der Waals surface area contributed by atoms with Crippen molar-refractivity contribution < 1.29 is 14.3 Å². The van der Waals surface area contributed by atoms with Crippen LogP contribution in [0.15, 0.2) is 54.7 Å². The summed E-state index contributed by atoms with van der Waals surface area (Å²) in [6, 6.07) is 14.2. The van der Waals surface area contributed by atoms with Crippen molar-refractivity contribution in [3.63, 3.8) is 0 Å². The molecule has 4 rings (SSSR count). The van der Waals surface area contributed by atoms with Gasteiger partial charge in [0.2, 0.25) is 5.91 Å². The first-order chi connectivity index (χ1) is 13.7. The second-order valence-electron chi connectivity index (χ2n) is 7.00. The predicted molar refractivity (Wildman–Crippen MR) is 110 cm³/mol. The third-order valence-electron chi connectivity index (χ3n) is 5.12. The van der Waals surface area contributed by atoms with Crippen molar-refractivity contribution in [1.29, 1.82) is 0 Å². The molecule has 1 aliphatic carbocycles. The molecule has 28 heavy (non-hydrogen) atoms. The summed E-state index contributed by atoms with van der Waals surface area (Å²) in [5.41, 5.74) is 3.16. The summed E-state index contributed by atoms with van der Waals surface area (Å²) >= 11 is 0. The highest BCUT2D eigenvalue weighted by Gasteiger charge is 2.31. The summed E-state index contributed by atoms with van der Waals surface area (Å²) < 4.78 is 10.6. The molecule has 5 nitrogen and oxygen atoms in total. The van der Waals surface area contributed by atoms with E-state index in [4.69, 9.17) is 9.47 Å². The predicted octanol–water partition coefficient (Wildman–Crippen LogP) is 4.39. The van der Waals surface area contributed by atoms with Gasteiger partial charge < -0.3 is 19.4 Å². The van der Waals surface area contributed by atoms with Crippen LogP contribution in [0, 0.1) is 0 Å². The first-order valence-corrected chi connectivity index (χ1v) is 9.45. The number of nitrogens with zero attached hydrogens (tertiary/aromatic N) is 1. The van der Waals surface area contributed by atoms with E-state index in [-0.39, 0.29) is 5.91 Å². The number of rotatable bonds is 7. The van der Waals surface area contributed by atoms with Gasteiger partial charge in [-0.15, -0.1) is 0 Å². The molecule has 1 amide bonds. The number of nitrogens with one attached hydrogen (secondary N) is 1. The molecule has 0 unspecified atom stereocenters. The van der Waals surface area contributed by atoms with Crippen LogP contribution in [0.5, 0.6) is 11.5 Å². The van der Waals surface area contributed by atoms with E-state index in [0.29, 0.717) is 24.1 Å². The lowest BCUT2D eigenvalue weighted by atomic mass is 10.1. The Hall–Kier alpha value is -3.21. The highest BCUT2D eigenvalue weighted by molar-refractivity contribution is 5.92. The third-order valence-corrected chi connectivity index (χ3v) is 5.12. The van der Waals surface area contributed by atoms with Crippen molar-refractivity contribution >= 4 is 22.9 Å². The van der Waals surface area contributed by atoms with Gasteiger partial charge in [-0.3, -0.25) is 4.79 Å². The molecular formula is C23H24N2O3. The van der Waals surface area contributed by atoms with Crippen LogP contribution in [0.25, 0.3) is 17.0 Å². The zero-order valence-corrected chi connectivity index (χ0v) is 16.1. The number of aromatic nitrogens is 1. The smallest absolute Gasteiger partial charge is 0.247 e. The molecule has 1 saturated carbocycles. The maximum absolute atomic E-state index is 12.9. The minimum atomic E-state index is 0.0322. The van der Waals surface area contributed by atoms with Crippen molar-refractivity contribution in [2.75, 3.05) is 14.2 Å². The number of ether oxygens (including phenoxy) is 2. The summed E-state index contributed by atoms with van der Waals surface area (Å²) in [6.07, 6.45) is 7.56. The van der Waals surface area contributed by atoms with Crippen LogP contribution < -0.4 is 9.47 Å². The number of amides is 1. The molecule has 1 heterocycles. The lowest BCUT2D eigenvalue weighted by molar-refractivity contribution is -0.127. The Morgan fingerprint density at radius 2 is 1.96 bits per heavy atom. The standard InChI is InChI=1S/C23H24N2O3/c1-27-21-10-6-16(14-22(21)28-2)7-11-23(26)25(18-8-9-18)15-17-4-3-5-20-19(17)12-13-24-20/h3-7,10-14,18,24H,8-9,15H2,1-2H3. The van der Waals surface area contributed by atoms with Crippen molar-refractivity contribution in [3.05, 3.63) is 65.9 Å². The lowest BCUT2D eigenvalue weighted by Crippen LogP contribution is -2.31. The topological polar surface area (TPSA) is 54.6 Å². The monoisotopic (exact) mass is 376 g/mol. The quantitative estimate of drug-likeness (QED) is 0.622. The fourth-order valence-corrected chi connectivity index (χ4v) is 3.46. The van der Waals surface area contributed by atoms with E-state index < -0.39 is 0 Å². The molecule has 0 spiro atoms. The van der Waals surface area contributed by atoms with Crippen LogP contribution in [0.2, 0.25) is 0 Å². The molecule has 1 aromatic heterocycles. The molecule has 0 bridgehead atoms. The Kier molecular flexibility index (Phi) is 5.06. The first-order valence-electron chi connectivity index (χ1n) is 9.45. The van der Waals surface area contributed by atoms with Crippen molar-refractivity contribution in [2.45, 2.75) is 25.4 Å². The summed E-state index contributed by atoms with van der Waals surface area (Å²) in [7, 11) is 3.21. The van der Waals surface area contributed by atoms with Gasteiger partial charge in [0.25, 0.3) is 0 Å². The Bertz CT molecular complexity index is 1020. The van der Waals surface area contributed by atoms with Crippen LogP contribution in [-0.4, -0.2) is 36.1 Å². The van der Waals surface area contributed by atoms with Gasteiger partial charge in [-0.05, 0) is 54.3 Å². The molecule has 1 aliphatic rings. The Balaban J connectivity index is 1.53. The molecule has 0 aliphatic heterocycles. The van der Waals surface area contributed by atoms with Gasteiger partial charge in [0.1, 0.15) is 0 Å². The van der Waals surface area contributed by atoms with Gasteiger partial charge in [-0.1, -0.05) is 18.2 Å². The molecule has 3 aromatic rings. The molecule has 0 radical (unpaired) electrons. The molecule has 1 N–H and O–H groups in total. The minimum Gasteiger partial charge on any atom is -0.493 e. The lowest BCUT2D eigenvalue weighted by Gasteiger charge is -2.21. The SMILES string of the molecule is COc1ccc(C=CC(=O)N(Cc2cccc3[nH]ccc23)C2CC2)cc1OC. The zero-order valence-electron chi connectivity index (χ0n) is 16.1. The number of hydrogen-bond donors (Lipinski definition) is 1. The van der Waals surface area contributed by atoms with Crippen LogP contribution in [-0.2, 0) is 11.3 Å². The van der Waals surface area contributed by atoms with E-state index in [0.717, 1.165) is 23.9 Å². The van der Waals surface area contributed by atoms with Crippen molar-refractivity contribution in [1.82, 2.24) is 9.88 Å². The van der Waals surface area contributed by atoms with Gasteiger partial charge in [-0.25, -0.2) is 0 Å². The average molecular weight is 376 g/mol. The van der Waals surface area contributed by atoms with Crippen LogP contribution in [0.4, 0.5) is 0 Å². The van der Waals surface area contributed by atoms with Crippen LogP contribution in [0.1, 0.15) is 24.0 Å². The zero-order chi connectivity index (χ0) is 19.5. The average Bonchev–Trinajstić information content (AvgIpc) is 3.45. The molecule has 0 atom stereocenters. The van der Waals surface area contributed by atoms with Crippen LogP contribution >= 0.6 is 0 Å². The number of carbonyl (C=O) groups is 1. The maximum Gasteiger partial charge on any atom is 0.247 e. The molecular weight excluding hydrogens is 352 g/mol. The van der Waals surface area contributed by atoms with Gasteiger partial charge in [-0.2, -0.15) is 0 Å². The normalized spacial score (nSPS) is 13.8. The van der Waals surface area contributed by atoms with Crippen LogP contribution in [0.3, 0.4) is 0 Å². The van der Waals surface area contributed by atoms with E-state index in [1.54, 1.807) is 20.3 Å². The fraction of sp³-hybridized carbons (Fsp3) is 0.261. The molecule has 1 fully saturated rings. The second-order valence-corrected chi connectivity index (χ2v) is 7.00. The fourth-order valence-electron chi connectivity index (χ4n) is 3.46. The molecule has 0 saturated heterocycles. The largest absolute Gasteiger partial charge is 0.493 e. The Labute approximate surface area is 164 Å². The number of benzene rings is 2. The molecule has 2 aromatic carbocycles. The van der Waals surface area contributed by atoms with Gasteiger partial charge in [0, 0.05) is 35.8 Å². The number of aromatic amines is 1. The Morgan fingerprint density at radius 3 is 2.71 bits per heavy atom. The van der Waals surface area contributed by atoms with E-state index in [1.165, 1.54) is 10.9 Å². The second kappa shape index (κ2) is 7.80. The van der Waals surface area contributed by atoms with Gasteiger partial charge in [0.05, 0.1) is 14.2 Å². The number of methoxy groups -OCH3 is 2. The van der Waals surface area contributed by atoms with E-state index in [1.807, 2.05) is 41.4 Å². The molecule has 144 valence electrons. The summed E-state index contributed by atoms with van der Waals surface area (Å²) in [5.74, 6) is 1.35. The van der Waals surface area contributed by atoms with Gasteiger partial charge in [0.15, 0.2) is 11.5 Å². The summed E-state index contributed by atoms with van der Waals surface area (Å²) in [6.45, 7) is 0.620. The highest BCUT2D eigenvalue weighted by Crippen LogP contribution is 2.31. The first kappa shape index (κ1) is 18.2. The van der Waals surface area contributed by atoms with E-state index in [9.17, 15) is 4.79 Å². The van der Waals surface area contributed by atoms with Crippen molar-refractivity contribution in [3.8, 4) is 11.5 Å². The number of hydrogen-bond acceptors (Lipinski definition) is 3. The third kappa shape index (κ3) is 3.74. The molecule has 5 heteroatoms. The number of fused-ring (bicyclic) bond motifs is 1. The summed E-state index contributed by atoms with van der Waals surface area (Å²) in [4.78, 5) is 18.1. The Morgan fingerprint density at radius 1 is 1.14 bits per heavy atom. The maximum atomic E-state index is 12.9. The number of carbonyl (C=O) groups excluding carboxylic acids is 1. The number of H-pyrrole nitrogens is 1. The highest BCUT2D eigenvalue weighted by atomic mass is 16.5. The van der Waals surface area contributed by atoms with E-state index >= 15 is 0 Å². The van der Waals surface area contributed by atoms with Gasteiger partial charge >= 0.3 is 0 Å².